The summed E-state index contributed by atoms with van der Waals surface area (Å²) >= 11 is 0. The van der Waals surface area contributed by atoms with Gasteiger partial charge in [0.05, 0.1) is 18.6 Å². The first-order chi connectivity index (χ1) is 34.8. The molecule has 0 aromatic heterocycles. The molecule has 0 saturated carbocycles. The summed E-state index contributed by atoms with van der Waals surface area (Å²) in [6, 6.07) is -2.68. The van der Waals surface area contributed by atoms with Gasteiger partial charge in [0.25, 0.3) is 0 Å². The van der Waals surface area contributed by atoms with Crippen molar-refractivity contribution in [2.75, 3.05) is 32.7 Å². The molecule has 1 fully saturated rings. The van der Waals surface area contributed by atoms with Gasteiger partial charge in [-0.1, -0.05) is 83.2 Å². The summed E-state index contributed by atoms with van der Waals surface area (Å²) in [5.74, 6) is -7.66. The first-order valence-corrected chi connectivity index (χ1v) is 25.7. The molecule has 1 aliphatic heterocycles. The van der Waals surface area contributed by atoms with Crippen molar-refractivity contribution in [2.45, 2.75) is 178 Å². The zero-order chi connectivity index (χ0) is 54.5. The number of carbonyl (C=O) groups excluding carboxylic acids is 9. The van der Waals surface area contributed by atoms with E-state index in [4.69, 9.17) is 22.9 Å². The largest absolute Gasteiger partial charge is 0.393 e. The number of nitrogens with two attached hydrogens (primary N) is 4. The molecular formula is C49H85N13O11. The molecule has 0 spiro atoms. The van der Waals surface area contributed by atoms with Gasteiger partial charge in [-0.05, 0) is 89.5 Å². The van der Waals surface area contributed by atoms with Crippen LogP contribution in [0.5, 0.6) is 0 Å². The Morgan fingerprint density at radius 2 is 1.15 bits per heavy atom. The zero-order valence-electron chi connectivity index (χ0n) is 43.1. The summed E-state index contributed by atoms with van der Waals surface area (Å²) in [4.78, 5) is 125. The summed E-state index contributed by atoms with van der Waals surface area (Å²) in [6.07, 6.45) is 1.53. The van der Waals surface area contributed by atoms with Crippen LogP contribution in [-0.4, -0.2) is 157 Å². The zero-order valence-corrected chi connectivity index (χ0v) is 43.1. The van der Waals surface area contributed by atoms with Crippen molar-refractivity contribution in [2.24, 2.45) is 28.9 Å². The number of carbonyl (C=O) groups is 9. The Kier molecular flexibility index (Phi) is 30.0. The molecule has 1 saturated heterocycles. The molecule has 1 aliphatic rings. The summed E-state index contributed by atoms with van der Waals surface area (Å²) in [7, 11) is 0. The maximum Gasteiger partial charge on any atom is 0.245 e. The molecule has 24 nitrogen and oxygen atoms in total. The monoisotopic (exact) mass is 1030 g/mol. The van der Waals surface area contributed by atoms with Gasteiger partial charge in [0, 0.05) is 13.0 Å². The van der Waals surface area contributed by atoms with E-state index in [-0.39, 0.29) is 90.0 Å². The number of benzene rings is 1. The van der Waals surface area contributed by atoms with E-state index in [0.717, 1.165) is 25.7 Å². The van der Waals surface area contributed by atoms with E-state index in [1.807, 2.05) is 13.8 Å². The van der Waals surface area contributed by atoms with E-state index in [0.29, 0.717) is 18.4 Å². The summed E-state index contributed by atoms with van der Waals surface area (Å²) in [5.41, 5.74) is 24.0. The molecular weight excluding hydrogens is 947 g/mol. The van der Waals surface area contributed by atoms with Gasteiger partial charge < -0.3 is 81.0 Å². The Hall–Kier alpha value is -5.79. The van der Waals surface area contributed by atoms with Crippen molar-refractivity contribution in [1.82, 2.24) is 47.9 Å². The van der Waals surface area contributed by atoms with Crippen molar-refractivity contribution in [1.29, 1.82) is 0 Å². The van der Waals surface area contributed by atoms with Gasteiger partial charge in [0.2, 0.25) is 53.2 Å². The fraction of sp³-hybridized carbons (Fsp3) is 0.694. The summed E-state index contributed by atoms with van der Waals surface area (Å²) in [5, 5.41) is 44.8. The van der Waals surface area contributed by atoms with E-state index in [2.05, 4.69) is 54.8 Å². The van der Waals surface area contributed by atoms with E-state index >= 15 is 0 Å². The molecule has 10 atom stereocenters. The van der Waals surface area contributed by atoms with Crippen LogP contribution in [0.25, 0.3) is 0 Å². The third-order valence-corrected chi connectivity index (χ3v) is 12.1. The average molecular weight is 1030 g/mol. The van der Waals surface area contributed by atoms with Crippen LogP contribution in [0.3, 0.4) is 0 Å². The average Bonchev–Trinajstić information content (AvgIpc) is 3.33. The first-order valence-electron chi connectivity index (χ1n) is 25.7. The van der Waals surface area contributed by atoms with Crippen molar-refractivity contribution < 1.29 is 53.4 Å². The number of hydrogen-bond donors (Lipinski definition) is 15. The third-order valence-electron chi connectivity index (χ3n) is 12.1. The minimum atomic E-state index is -1.70. The Morgan fingerprint density at radius 1 is 0.630 bits per heavy atom. The normalized spacial score (nSPS) is 23.5. The summed E-state index contributed by atoms with van der Waals surface area (Å²) < 4.78 is 0. The van der Waals surface area contributed by atoms with Crippen LogP contribution in [-0.2, 0) is 49.6 Å². The fourth-order valence-corrected chi connectivity index (χ4v) is 8.07. The van der Waals surface area contributed by atoms with Crippen molar-refractivity contribution >= 4 is 53.2 Å². The van der Waals surface area contributed by atoms with Crippen LogP contribution in [0, 0.1) is 5.92 Å². The van der Waals surface area contributed by atoms with Gasteiger partial charge in [-0.25, -0.2) is 0 Å². The first kappa shape index (κ1) is 63.3. The second kappa shape index (κ2) is 34.6. The van der Waals surface area contributed by atoms with Gasteiger partial charge in [-0.3, -0.25) is 43.2 Å². The second-order valence-corrected chi connectivity index (χ2v) is 19.0. The van der Waals surface area contributed by atoms with Crippen LogP contribution in [0.1, 0.15) is 117 Å². The molecule has 1 heterocycles. The van der Waals surface area contributed by atoms with Crippen LogP contribution in [0.4, 0.5) is 0 Å². The van der Waals surface area contributed by atoms with Crippen LogP contribution >= 0.6 is 0 Å². The molecule has 0 unspecified atom stereocenters. The van der Waals surface area contributed by atoms with E-state index in [9.17, 15) is 53.4 Å². The molecule has 73 heavy (non-hydrogen) atoms. The topological polar surface area (TPSA) is 406 Å². The molecule has 0 bridgehead atoms. The lowest BCUT2D eigenvalue weighted by molar-refractivity contribution is -0.137. The number of amides is 9. The highest BCUT2D eigenvalue weighted by Crippen LogP contribution is 2.12. The molecule has 2 rings (SSSR count). The molecule has 9 amide bonds. The van der Waals surface area contributed by atoms with Gasteiger partial charge in [-0.15, -0.1) is 0 Å². The maximum absolute atomic E-state index is 14.3. The minimum absolute atomic E-state index is 0.0581. The molecule has 0 aliphatic carbocycles. The highest BCUT2D eigenvalue weighted by Gasteiger charge is 2.36. The highest BCUT2D eigenvalue weighted by molar-refractivity contribution is 5.98. The van der Waals surface area contributed by atoms with Gasteiger partial charge in [0.1, 0.15) is 48.3 Å². The number of nitrogens with one attached hydrogen (secondary N) is 9. The van der Waals surface area contributed by atoms with Gasteiger partial charge in [-0.2, -0.15) is 0 Å². The molecule has 24 heteroatoms. The molecule has 412 valence electrons. The Bertz CT molecular complexity index is 1910. The Morgan fingerprint density at radius 3 is 1.68 bits per heavy atom. The molecule has 19 N–H and O–H groups in total. The third kappa shape index (κ3) is 23.7. The lowest BCUT2D eigenvalue weighted by atomic mass is 10.0. The van der Waals surface area contributed by atoms with E-state index < -0.39 is 114 Å². The minimum Gasteiger partial charge on any atom is -0.393 e. The lowest BCUT2D eigenvalue weighted by Gasteiger charge is -2.28. The predicted molar refractivity (Wildman–Crippen MR) is 273 cm³/mol. The van der Waals surface area contributed by atoms with Gasteiger partial charge in [0.15, 0.2) is 0 Å². The number of hydrogen-bond acceptors (Lipinski definition) is 15. The fourth-order valence-electron chi connectivity index (χ4n) is 8.07. The smallest absolute Gasteiger partial charge is 0.245 e. The van der Waals surface area contributed by atoms with E-state index in [1.165, 1.54) is 6.92 Å². The van der Waals surface area contributed by atoms with E-state index in [1.54, 1.807) is 30.3 Å². The van der Waals surface area contributed by atoms with Crippen LogP contribution in [0.2, 0.25) is 0 Å². The number of unbranched alkanes of at least 4 members (excludes halogenated alkanes) is 4. The van der Waals surface area contributed by atoms with Crippen LogP contribution in [0.15, 0.2) is 30.3 Å². The van der Waals surface area contributed by atoms with Crippen molar-refractivity contribution in [3.05, 3.63) is 35.9 Å². The number of aliphatic hydroxyl groups excluding tert-OH is 2. The quantitative estimate of drug-likeness (QED) is 0.0448. The number of aliphatic hydroxyl groups is 2. The van der Waals surface area contributed by atoms with Crippen molar-refractivity contribution in [3.8, 4) is 0 Å². The number of rotatable bonds is 24. The van der Waals surface area contributed by atoms with Gasteiger partial charge >= 0.3 is 0 Å². The standard InChI is InChI=1S/C49H85N13O11/c1-5-6-7-8-12-15-32(64)28-40(65)55-33(16-21-50)43(67)58-37-20-25-54-42(66)38(26-29(2)3)60-45(69)34(17-22-51)56-44(68)36(19-24-53)59-49(73)41(30(4)63)62-48(72)39(27-31-13-10-9-11-14-31)61-46(70)35(18-23-52)57-47(37)71/h9-11,13-14,29-30,32-39,41,63-64H,5-8,12,15-28,50-53H2,1-4H3,(H,54,66)(H,55,65)(H,56,68)(H,57,71)(H,58,67)(H,59,73)(H,60,69)(H,61,70)(H,62,72)/t30-,32-,33-,34+,35+,36+,37+,38+,39-,41+/m1/s1. The Labute approximate surface area is 428 Å². The predicted octanol–water partition coefficient (Wildman–Crippen LogP) is -3.44. The van der Waals surface area contributed by atoms with Crippen molar-refractivity contribution in [3.63, 3.8) is 0 Å². The molecule has 1 aromatic carbocycles. The maximum atomic E-state index is 14.3. The molecule has 0 radical (unpaired) electrons. The Balaban J connectivity index is 2.66. The molecule has 1 aromatic rings. The second-order valence-electron chi connectivity index (χ2n) is 19.0. The SMILES string of the molecule is CCCCCCC[C@@H](O)CC(=O)N[C@H](CCN)C(=O)N[C@H]1CCNC(=O)[C@H](CC(C)C)NC(=O)[C@H](CCN)NC(=O)[C@H](CCN)NC(=O)[C@H]([C@@H](C)O)NC(=O)[C@@H](Cc2ccccc2)NC(=O)[C@H](CCN)NC1=O. The lowest BCUT2D eigenvalue weighted by Crippen LogP contribution is -2.62. The summed E-state index contributed by atoms with van der Waals surface area (Å²) in [6.45, 7) is 6.26. The highest BCUT2D eigenvalue weighted by atomic mass is 16.3. The van der Waals surface area contributed by atoms with Crippen LogP contribution < -0.4 is 70.8 Å².